The number of sulfonamides is 1. The second-order valence-corrected chi connectivity index (χ2v) is 10.3. The number of hydrogen-bond donors (Lipinski definition) is 2. The van der Waals surface area contributed by atoms with Gasteiger partial charge in [0.2, 0.25) is 5.91 Å². The fourth-order valence-electron chi connectivity index (χ4n) is 3.40. The van der Waals surface area contributed by atoms with E-state index in [-0.39, 0.29) is 34.1 Å². The minimum Gasteiger partial charge on any atom is -0.349 e. The maximum Gasteiger partial charge on any atom is 0.279 e. The van der Waals surface area contributed by atoms with E-state index in [0.29, 0.717) is 0 Å². The number of fused-ring (bicyclic) bond motifs is 1. The summed E-state index contributed by atoms with van der Waals surface area (Å²) in [6, 6.07) is 3.87. The molecule has 0 atom stereocenters. The van der Waals surface area contributed by atoms with Crippen molar-refractivity contribution < 1.29 is 21.6 Å². The van der Waals surface area contributed by atoms with E-state index in [1.807, 2.05) is 37.6 Å². The molecule has 7 nitrogen and oxygen atoms in total. The van der Waals surface area contributed by atoms with Gasteiger partial charge in [0.1, 0.15) is 0 Å². The van der Waals surface area contributed by atoms with Crippen LogP contribution in [0.2, 0.25) is 0 Å². The van der Waals surface area contributed by atoms with Gasteiger partial charge in [-0.25, -0.2) is 13.1 Å². The average molecular weight is 396 g/mol. The molecule has 1 aliphatic rings. The molecule has 2 aromatic rings. The molecule has 0 saturated heterocycles. The Labute approximate surface area is 152 Å². The molecule has 0 bridgehead atoms. The van der Waals surface area contributed by atoms with Crippen molar-refractivity contribution in [1.82, 2.24) is 9.71 Å². The average Bonchev–Trinajstić information content (AvgIpc) is 3.04. The highest BCUT2D eigenvalue weighted by Gasteiger charge is 2.34. The van der Waals surface area contributed by atoms with Crippen molar-refractivity contribution in [3.8, 4) is 0 Å². The zero-order chi connectivity index (χ0) is 19.3. The monoisotopic (exact) mass is 396 g/mol. The van der Waals surface area contributed by atoms with Gasteiger partial charge in [-0.3, -0.25) is 4.79 Å². The molecule has 1 aliphatic heterocycles. The van der Waals surface area contributed by atoms with Crippen LogP contribution in [0.4, 0.5) is 0 Å². The molecule has 1 aromatic heterocycles. The second-order valence-electron chi connectivity index (χ2n) is 6.61. The van der Waals surface area contributed by atoms with Gasteiger partial charge in [-0.1, -0.05) is 17.7 Å². The number of rotatable bonds is 4. The van der Waals surface area contributed by atoms with Crippen molar-refractivity contribution in [1.29, 1.82) is 0 Å². The third kappa shape index (κ3) is 3.28. The first-order chi connectivity index (χ1) is 12.0. The largest absolute Gasteiger partial charge is 0.349 e. The van der Waals surface area contributed by atoms with Crippen LogP contribution in [0, 0.1) is 20.8 Å². The van der Waals surface area contributed by atoms with E-state index in [1.54, 1.807) is 0 Å². The molecule has 1 amide bonds. The summed E-state index contributed by atoms with van der Waals surface area (Å²) in [5, 5.41) is -0.251. The Bertz CT molecular complexity index is 1090. The summed E-state index contributed by atoms with van der Waals surface area (Å²) >= 11 is 0. The Morgan fingerprint density at radius 3 is 2.42 bits per heavy atom. The Kier molecular flexibility index (Phi) is 4.48. The highest BCUT2D eigenvalue weighted by atomic mass is 32.2. The van der Waals surface area contributed by atoms with Gasteiger partial charge in [0, 0.05) is 11.8 Å². The van der Waals surface area contributed by atoms with Gasteiger partial charge in [-0.15, -0.1) is 0 Å². The maximum absolute atomic E-state index is 12.5. The Morgan fingerprint density at radius 1 is 1.19 bits per heavy atom. The number of carbonyl (C=O) groups excluding carboxylic acids is 1. The summed E-state index contributed by atoms with van der Waals surface area (Å²) in [6.45, 7) is 5.70. The summed E-state index contributed by atoms with van der Waals surface area (Å²) < 4.78 is 50.8. The summed E-state index contributed by atoms with van der Waals surface area (Å²) in [4.78, 5) is 14.8. The van der Waals surface area contributed by atoms with Gasteiger partial charge < -0.3 is 4.98 Å². The van der Waals surface area contributed by atoms with Gasteiger partial charge in [0.15, 0.2) is 14.9 Å². The SMILES string of the molecule is Cc1cc(C)c(CC(=O)NS(=O)(=O)c2[nH]cc3c2CCS3(=O)=O)c(C)c1. The standard InChI is InChI=1S/C17H20N2O5S2/c1-10-6-11(2)14(12(3)7-10)8-16(20)19-26(23,24)17-13-4-5-25(21,22)15(13)9-18-17/h6-7,9,18H,4-5,8H2,1-3H3,(H,19,20). The molecule has 2 heterocycles. The second kappa shape index (κ2) is 6.24. The van der Waals surface area contributed by atoms with Crippen molar-refractivity contribution in [3.05, 3.63) is 46.1 Å². The quantitative estimate of drug-likeness (QED) is 0.809. The van der Waals surface area contributed by atoms with Crippen LogP contribution in [-0.2, 0) is 37.5 Å². The van der Waals surface area contributed by atoms with E-state index in [0.717, 1.165) is 22.3 Å². The van der Waals surface area contributed by atoms with Crippen LogP contribution in [0.1, 0.15) is 27.8 Å². The van der Waals surface area contributed by atoms with Gasteiger partial charge in [-0.2, -0.15) is 8.42 Å². The van der Waals surface area contributed by atoms with E-state index in [9.17, 15) is 21.6 Å². The lowest BCUT2D eigenvalue weighted by Gasteiger charge is -2.12. The van der Waals surface area contributed by atoms with Crippen molar-refractivity contribution >= 4 is 25.8 Å². The van der Waals surface area contributed by atoms with Gasteiger partial charge in [0.25, 0.3) is 10.0 Å². The van der Waals surface area contributed by atoms with Crippen molar-refractivity contribution in [2.45, 2.75) is 43.5 Å². The summed E-state index contributed by atoms with van der Waals surface area (Å²) in [5.74, 6) is -0.783. The molecule has 26 heavy (non-hydrogen) atoms. The molecule has 2 N–H and O–H groups in total. The molecule has 0 aliphatic carbocycles. The van der Waals surface area contributed by atoms with Crippen LogP contribution in [0.3, 0.4) is 0 Å². The minimum atomic E-state index is -4.17. The normalized spacial score (nSPS) is 15.7. The molecule has 0 spiro atoms. The number of aromatic amines is 1. The third-order valence-electron chi connectivity index (χ3n) is 4.56. The fourth-order valence-corrected chi connectivity index (χ4v) is 6.20. The molecule has 0 saturated carbocycles. The first kappa shape index (κ1) is 18.7. The van der Waals surface area contributed by atoms with Gasteiger partial charge >= 0.3 is 0 Å². The number of carbonyl (C=O) groups is 1. The van der Waals surface area contributed by atoms with E-state index in [4.69, 9.17) is 0 Å². The van der Waals surface area contributed by atoms with Crippen molar-refractivity contribution in [3.63, 3.8) is 0 Å². The zero-order valence-corrected chi connectivity index (χ0v) is 16.3. The molecule has 9 heteroatoms. The molecular weight excluding hydrogens is 376 g/mol. The number of hydrogen-bond acceptors (Lipinski definition) is 5. The van der Waals surface area contributed by atoms with Crippen LogP contribution >= 0.6 is 0 Å². The number of benzene rings is 1. The highest BCUT2D eigenvalue weighted by Crippen LogP contribution is 2.30. The lowest BCUT2D eigenvalue weighted by Crippen LogP contribution is -2.33. The molecule has 3 rings (SSSR count). The van der Waals surface area contributed by atoms with Crippen molar-refractivity contribution in [2.24, 2.45) is 0 Å². The number of H-pyrrole nitrogens is 1. The predicted octanol–water partition coefficient (Wildman–Crippen LogP) is 1.32. The molecule has 1 aromatic carbocycles. The topological polar surface area (TPSA) is 113 Å². The Morgan fingerprint density at radius 2 is 1.81 bits per heavy atom. The zero-order valence-electron chi connectivity index (χ0n) is 14.7. The van der Waals surface area contributed by atoms with Crippen LogP contribution in [0.15, 0.2) is 28.3 Å². The Balaban J connectivity index is 1.84. The third-order valence-corrected chi connectivity index (χ3v) is 7.73. The number of amides is 1. The predicted molar refractivity (Wildman–Crippen MR) is 96.2 cm³/mol. The van der Waals surface area contributed by atoms with E-state index in [1.165, 1.54) is 6.20 Å². The molecule has 0 unspecified atom stereocenters. The van der Waals surface area contributed by atoms with Gasteiger partial charge in [0.05, 0.1) is 17.1 Å². The first-order valence-corrected chi connectivity index (χ1v) is 11.2. The maximum atomic E-state index is 12.5. The highest BCUT2D eigenvalue weighted by molar-refractivity contribution is 7.92. The molecule has 0 fully saturated rings. The number of aryl methyl sites for hydroxylation is 3. The van der Waals surface area contributed by atoms with Crippen LogP contribution in [-0.4, -0.2) is 33.5 Å². The van der Waals surface area contributed by atoms with Crippen LogP contribution < -0.4 is 4.72 Å². The smallest absolute Gasteiger partial charge is 0.279 e. The van der Waals surface area contributed by atoms with E-state index >= 15 is 0 Å². The first-order valence-electron chi connectivity index (χ1n) is 8.06. The lowest BCUT2D eigenvalue weighted by molar-refractivity contribution is -0.118. The van der Waals surface area contributed by atoms with E-state index < -0.39 is 25.8 Å². The van der Waals surface area contributed by atoms with Crippen LogP contribution in [0.25, 0.3) is 0 Å². The molecular formula is C17H20N2O5S2. The summed E-state index contributed by atoms with van der Waals surface area (Å²) in [5.41, 5.74) is 3.90. The number of nitrogens with one attached hydrogen (secondary N) is 2. The van der Waals surface area contributed by atoms with E-state index in [2.05, 4.69) is 4.98 Å². The fraction of sp³-hybridized carbons (Fsp3) is 0.353. The molecule has 0 radical (unpaired) electrons. The van der Waals surface area contributed by atoms with Crippen molar-refractivity contribution in [2.75, 3.05) is 5.75 Å². The van der Waals surface area contributed by atoms with Crippen LogP contribution in [0.5, 0.6) is 0 Å². The molecule has 140 valence electrons. The Hall–Kier alpha value is -2.13. The number of aromatic nitrogens is 1. The number of sulfone groups is 1. The van der Waals surface area contributed by atoms with Gasteiger partial charge in [-0.05, 0) is 43.9 Å². The summed E-state index contributed by atoms with van der Waals surface area (Å²) in [7, 11) is -7.61. The minimum absolute atomic E-state index is 0.00412. The summed E-state index contributed by atoms with van der Waals surface area (Å²) in [6.07, 6.45) is 1.21. The lowest BCUT2D eigenvalue weighted by atomic mass is 9.97.